The molecule has 2 heterocycles. The zero-order valence-corrected chi connectivity index (χ0v) is 15.6. The number of hydrogen-bond acceptors (Lipinski definition) is 3. The number of amides is 3. The molecular weight excluding hydrogens is 385 g/mol. The van der Waals surface area contributed by atoms with E-state index in [2.05, 4.69) is 10.6 Å². The highest BCUT2D eigenvalue weighted by atomic mass is 19.1. The lowest BCUT2D eigenvalue weighted by Crippen LogP contribution is -2.67. The van der Waals surface area contributed by atoms with Crippen molar-refractivity contribution < 1.29 is 22.8 Å². The number of fused-ring (bicyclic) bond motifs is 1. The summed E-state index contributed by atoms with van der Waals surface area (Å²) in [6, 6.07) is 6.42. The molecule has 0 atom stereocenters. The first-order chi connectivity index (χ1) is 13.8. The summed E-state index contributed by atoms with van der Waals surface area (Å²) in [6.07, 6.45) is 0.815. The van der Waals surface area contributed by atoms with Crippen LogP contribution in [0, 0.1) is 17.5 Å². The van der Waals surface area contributed by atoms with Gasteiger partial charge in [-0.2, -0.15) is 0 Å². The van der Waals surface area contributed by atoms with Gasteiger partial charge in [0.25, 0.3) is 5.91 Å². The van der Waals surface area contributed by atoms with E-state index in [1.54, 1.807) is 7.05 Å². The largest absolute Gasteiger partial charge is 0.351 e. The minimum absolute atomic E-state index is 0.107. The molecule has 2 aromatic rings. The first-order valence-electron chi connectivity index (χ1n) is 9.16. The van der Waals surface area contributed by atoms with Crippen molar-refractivity contribution in [1.82, 2.24) is 10.2 Å². The van der Waals surface area contributed by atoms with Gasteiger partial charge >= 0.3 is 6.03 Å². The topological polar surface area (TPSA) is 64.7 Å². The summed E-state index contributed by atoms with van der Waals surface area (Å²) < 4.78 is 40.5. The molecule has 0 saturated carbocycles. The van der Waals surface area contributed by atoms with E-state index in [-0.39, 0.29) is 11.6 Å². The van der Waals surface area contributed by atoms with Crippen molar-refractivity contribution in [2.45, 2.75) is 18.5 Å². The third kappa shape index (κ3) is 3.37. The summed E-state index contributed by atoms with van der Waals surface area (Å²) in [6.45, 7) is 0.591. The van der Waals surface area contributed by atoms with E-state index >= 15 is 0 Å². The Morgan fingerprint density at radius 1 is 1.07 bits per heavy atom. The molecule has 1 saturated heterocycles. The van der Waals surface area contributed by atoms with Crippen LogP contribution in [0.5, 0.6) is 0 Å². The molecule has 2 N–H and O–H groups in total. The molecule has 29 heavy (non-hydrogen) atoms. The third-order valence-electron chi connectivity index (χ3n) is 5.60. The summed E-state index contributed by atoms with van der Waals surface area (Å²) in [7, 11) is 1.78. The van der Waals surface area contributed by atoms with E-state index in [9.17, 15) is 22.8 Å². The molecule has 2 aliphatic heterocycles. The van der Waals surface area contributed by atoms with Crippen LogP contribution in [-0.2, 0) is 0 Å². The van der Waals surface area contributed by atoms with Crippen LogP contribution in [-0.4, -0.2) is 42.6 Å². The molecule has 3 amide bonds. The highest BCUT2D eigenvalue weighted by molar-refractivity contribution is 6.02. The smallest absolute Gasteiger partial charge is 0.321 e. The molecular formula is C20H19F3N4O2. The van der Waals surface area contributed by atoms with E-state index in [0.717, 1.165) is 12.1 Å². The van der Waals surface area contributed by atoms with Crippen LogP contribution in [0.25, 0.3) is 0 Å². The van der Waals surface area contributed by atoms with Crippen LogP contribution in [0.15, 0.2) is 36.4 Å². The van der Waals surface area contributed by atoms with E-state index in [4.69, 9.17) is 0 Å². The highest BCUT2D eigenvalue weighted by Gasteiger charge is 2.45. The number of nitrogens with one attached hydrogen (secondary N) is 2. The van der Waals surface area contributed by atoms with Gasteiger partial charge in [-0.1, -0.05) is 0 Å². The molecule has 0 unspecified atom stereocenters. The van der Waals surface area contributed by atoms with Crippen molar-refractivity contribution in [2.24, 2.45) is 0 Å². The fraction of sp³-hybridized carbons (Fsp3) is 0.300. The predicted molar refractivity (Wildman–Crippen MR) is 101 cm³/mol. The number of urea groups is 1. The van der Waals surface area contributed by atoms with Crippen molar-refractivity contribution in [1.29, 1.82) is 0 Å². The number of benzene rings is 2. The van der Waals surface area contributed by atoms with Gasteiger partial charge < -0.3 is 20.4 Å². The number of rotatable bonds is 1. The minimum Gasteiger partial charge on any atom is -0.351 e. The summed E-state index contributed by atoms with van der Waals surface area (Å²) in [5, 5.41) is 5.42. The summed E-state index contributed by atoms with van der Waals surface area (Å²) in [5.41, 5.74) is 0.0474. The first kappa shape index (κ1) is 19.1. The Morgan fingerprint density at radius 2 is 1.72 bits per heavy atom. The summed E-state index contributed by atoms with van der Waals surface area (Å²) in [5.74, 6) is -2.30. The molecule has 2 aliphatic rings. The fourth-order valence-corrected chi connectivity index (χ4v) is 3.89. The molecule has 152 valence electrons. The molecule has 0 bridgehead atoms. The van der Waals surface area contributed by atoms with Crippen LogP contribution >= 0.6 is 0 Å². The molecule has 6 nitrogen and oxygen atoms in total. The van der Waals surface area contributed by atoms with Gasteiger partial charge in [0.2, 0.25) is 0 Å². The number of carbonyl (C=O) groups is 2. The van der Waals surface area contributed by atoms with Crippen LogP contribution in [0.2, 0.25) is 0 Å². The van der Waals surface area contributed by atoms with E-state index in [1.807, 2.05) is 4.90 Å². The predicted octanol–water partition coefficient (Wildman–Crippen LogP) is 3.31. The number of hydrogen-bond donors (Lipinski definition) is 2. The Morgan fingerprint density at radius 3 is 2.41 bits per heavy atom. The SMILES string of the molecule is CN1c2cc(F)ccc2C(=O)NC12CCN(C(=O)Nc1ccc(F)cc1F)CC2. The van der Waals surface area contributed by atoms with Crippen molar-refractivity contribution in [3.8, 4) is 0 Å². The highest BCUT2D eigenvalue weighted by Crippen LogP contribution is 2.36. The molecule has 0 aliphatic carbocycles. The quantitative estimate of drug-likeness (QED) is 0.767. The van der Waals surface area contributed by atoms with Gasteiger partial charge in [0.1, 0.15) is 23.1 Å². The van der Waals surface area contributed by atoms with Gasteiger partial charge in [-0.3, -0.25) is 4.79 Å². The monoisotopic (exact) mass is 404 g/mol. The number of likely N-dealkylation sites (tertiary alicyclic amines) is 1. The third-order valence-corrected chi connectivity index (χ3v) is 5.60. The van der Waals surface area contributed by atoms with Crippen LogP contribution in [0.1, 0.15) is 23.2 Å². The summed E-state index contributed by atoms with van der Waals surface area (Å²) in [4.78, 5) is 28.3. The summed E-state index contributed by atoms with van der Waals surface area (Å²) >= 11 is 0. The maximum absolute atomic E-state index is 13.8. The molecule has 0 aromatic heterocycles. The van der Waals surface area contributed by atoms with E-state index in [1.165, 1.54) is 23.1 Å². The number of piperidine rings is 1. The Hall–Kier alpha value is -3.23. The van der Waals surface area contributed by atoms with Gasteiger partial charge in [0.15, 0.2) is 0 Å². The van der Waals surface area contributed by atoms with Crippen LogP contribution < -0.4 is 15.5 Å². The number of anilines is 2. The molecule has 4 rings (SSSR count). The Bertz CT molecular complexity index is 990. The lowest BCUT2D eigenvalue weighted by Gasteiger charge is -2.51. The average Bonchev–Trinajstić information content (AvgIpc) is 2.69. The molecule has 9 heteroatoms. The Balaban J connectivity index is 1.47. The maximum atomic E-state index is 13.8. The molecule has 0 radical (unpaired) electrons. The number of nitrogens with zero attached hydrogens (tertiary/aromatic N) is 2. The maximum Gasteiger partial charge on any atom is 0.321 e. The second kappa shape index (κ2) is 6.98. The Labute approximate surface area is 165 Å². The minimum atomic E-state index is -0.857. The molecule has 2 aromatic carbocycles. The van der Waals surface area contributed by atoms with Crippen molar-refractivity contribution in [2.75, 3.05) is 30.4 Å². The van der Waals surface area contributed by atoms with Gasteiger partial charge in [-0.05, 0) is 30.3 Å². The first-order valence-corrected chi connectivity index (χ1v) is 9.16. The zero-order chi connectivity index (χ0) is 20.8. The van der Waals surface area contributed by atoms with Gasteiger partial charge in [-0.15, -0.1) is 0 Å². The van der Waals surface area contributed by atoms with Gasteiger partial charge in [-0.25, -0.2) is 18.0 Å². The second-order valence-electron chi connectivity index (χ2n) is 7.25. The molecule has 1 spiro atoms. The molecule has 1 fully saturated rings. The lowest BCUT2D eigenvalue weighted by atomic mass is 9.90. The standard InChI is InChI=1S/C20H19F3N4O2/c1-26-17-11-13(22)2-4-14(17)18(28)25-20(26)6-8-27(9-7-20)19(29)24-16-5-3-12(21)10-15(16)23/h2-5,10-11H,6-9H2,1H3,(H,24,29)(H,25,28). The lowest BCUT2D eigenvalue weighted by molar-refractivity contribution is 0.0815. The van der Waals surface area contributed by atoms with Crippen LogP contribution in [0.3, 0.4) is 0 Å². The number of halogens is 3. The van der Waals surface area contributed by atoms with E-state index < -0.39 is 29.1 Å². The number of carbonyl (C=O) groups excluding carboxylic acids is 2. The van der Waals surface area contributed by atoms with Gasteiger partial charge in [0, 0.05) is 39.0 Å². The zero-order valence-electron chi connectivity index (χ0n) is 15.6. The van der Waals surface area contributed by atoms with Crippen molar-refractivity contribution in [3.63, 3.8) is 0 Å². The average molecular weight is 404 g/mol. The fourth-order valence-electron chi connectivity index (χ4n) is 3.89. The Kier molecular flexibility index (Phi) is 4.60. The van der Waals surface area contributed by atoms with E-state index in [0.29, 0.717) is 43.2 Å². The van der Waals surface area contributed by atoms with Crippen LogP contribution in [0.4, 0.5) is 29.3 Å². The van der Waals surface area contributed by atoms with Crippen molar-refractivity contribution >= 4 is 23.3 Å². The van der Waals surface area contributed by atoms with Gasteiger partial charge in [0.05, 0.1) is 16.9 Å². The van der Waals surface area contributed by atoms with Crippen molar-refractivity contribution in [3.05, 3.63) is 59.4 Å². The normalized spacial score (nSPS) is 17.7. The second-order valence-corrected chi connectivity index (χ2v) is 7.25.